The Morgan fingerprint density at radius 2 is 2.33 bits per heavy atom. The molecule has 1 aromatic rings. The van der Waals surface area contributed by atoms with E-state index in [1.807, 2.05) is 6.20 Å². The van der Waals surface area contributed by atoms with Gasteiger partial charge in [0, 0.05) is 0 Å². The zero-order chi connectivity index (χ0) is 8.55. The van der Waals surface area contributed by atoms with Gasteiger partial charge in [-0.15, -0.1) is 0 Å². The van der Waals surface area contributed by atoms with Gasteiger partial charge in [0.2, 0.25) is 0 Å². The molecule has 0 spiro atoms. The Morgan fingerprint density at radius 3 is 3.00 bits per heavy atom. The Balaban J connectivity index is 2.35. The molecule has 2 nitrogen and oxygen atoms in total. The van der Waals surface area contributed by atoms with Crippen molar-refractivity contribution in [3.8, 4) is 0 Å². The maximum atomic E-state index is 4.39. The van der Waals surface area contributed by atoms with Gasteiger partial charge in [-0.25, -0.2) is 0 Å². The Morgan fingerprint density at radius 1 is 1.50 bits per heavy atom. The summed E-state index contributed by atoms with van der Waals surface area (Å²) in [4.78, 5) is 6.70. The molecule has 66 valence electrons. The van der Waals surface area contributed by atoms with E-state index < -0.39 is 0 Å². The van der Waals surface area contributed by atoms with Crippen LogP contribution in [0.3, 0.4) is 0 Å². The molecule has 3 heteroatoms. The number of hydrogen-bond donors (Lipinski definition) is 0. The van der Waals surface area contributed by atoms with E-state index in [1.54, 1.807) is 0 Å². The summed E-state index contributed by atoms with van der Waals surface area (Å²) in [5.41, 5.74) is 4.18. The van der Waals surface area contributed by atoms with E-state index in [2.05, 4.69) is 26.0 Å². The van der Waals surface area contributed by atoms with Crippen LogP contribution in [0.15, 0.2) is 12.3 Å². The predicted octanol–water partition coefficient (Wildman–Crippen LogP) is -1.66. The van der Waals surface area contributed by atoms with Gasteiger partial charge in [0.05, 0.1) is 0 Å². The Hall–Kier alpha value is -0.160. The third kappa shape index (κ3) is 1.35. The SMILES string of the molecule is C[I-]N1Cc2nccc(C)c2C1. The summed E-state index contributed by atoms with van der Waals surface area (Å²) in [6.45, 7) is 4.40. The van der Waals surface area contributed by atoms with Crippen molar-refractivity contribution in [1.82, 2.24) is 8.10 Å². The van der Waals surface area contributed by atoms with E-state index in [4.69, 9.17) is 0 Å². The Bertz CT molecular complexity index is 299. The first-order valence-electron chi connectivity index (χ1n) is 3.99. The first-order valence-corrected chi connectivity index (χ1v) is 7.11. The molecule has 0 amide bonds. The molecule has 1 aliphatic heterocycles. The van der Waals surface area contributed by atoms with Crippen molar-refractivity contribution in [1.29, 1.82) is 0 Å². The first kappa shape index (κ1) is 8.44. The second kappa shape index (κ2) is 3.30. The molecule has 1 aromatic heterocycles. The third-order valence-corrected chi connectivity index (χ3v) is 4.32. The van der Waals surface area contributed by atoms with Crippen molar-refractivity contribution in [2.75, 3.05) is 4.93 Å². The van der Waals surface area contributed by atoms with Gasteiger partial charge in [-0.3, -0.25) is 0 Å². The van der Waals surface area contributed by atoms with Gasteiger partial charge in [0.1, 0.15) is 0 Å². The molecule has 0 aliphatic carbocycles. The normalized spacial score (nSPS) is 16.8. The molecule has 0 fully saturated rings. The minimum absolute atomic E-state index is 0.236. The van der Waals surface area contributed by atoms with Crippen molar-refractivity contribution in [2.24, 2.45) is 0 Å². The summed E-state index contributed by atoms with van der Waals surface area (Å²) in [7, 11) is 0. The summed E-state index contributed by atoms with van der Waals surface area (Å²) in [6.07, 6.45) is 1.92. The number of fused-ring (bicyclic) bond motifs is 1. The molecule has 0 atom stereocenters. The van der Waals surface area contributed by atoms with E-state index in [1.165, 1.54) is 16.8 Å². The summed E-state index contributed by atoms with van der Waals surface area (Å²) >= 11 is 0.236. The second-order valence-electron chi connectivity index (χ2n) is 3.00. The number of pyridine rings is 1. The van der Waals surface area contributed by atoms with Crippen LogP contribution in [0.1, 0.15) is 16.8 Å². The van der Waals surface area contributed by atoms with E-state index in [0.717, 1.165) is 13.1 Å². The predicted molar refractivity (Wildman–Crippen MR) is 44.1 cm³/mol. The van der Waals surface area contributed by atoms with Crippen molar-refractivity contribution >= 4 is 0 Å². The molecule has 0 aromatic carbocycles. The first-order chi connectivity index (χ1) is 5.81. The number of hydrogen-bond acceptors (Lipinski definition) is 2. The number of alkyl halides is 1. The van der Waals surface area contributed by atoms with Gasteiger partial charge in [-0.2, -0.15) is 0 Å². The van der Waals surface area contributed by atoms with E-state index in [-0.39, 0.29) is 21.5 Å². The number of nitrogens with zero attached hydrogens (tertiary/aromatic N) is 2. The molecular formula is C9H12IN2-. The number of halogens is 1. The fourth-order valence-corrected chi connectivity index (χ4v) is 2.85. The third-order valence-electron chi connectivity index (χ3n) is 2.27. The average molecular weight is 275 g/mol. The zero-order valence-electron chi connectivity index (χ0n) is 7.34. The van der Waals surface area contributed by atoms with Gasteiger partial charge >= 0.3 is 83.6 Å². The van der Waals surface area contributed by atoms with Crippen LogP contribution in [0, 0.1) is 6.92 Å². The van der Waals surface area contributed by atoms with Crippen LogP contribution in [-0.4, -0.2) is 13.0 Å². The van der Waals surface area contributed by atoms with Crippen molar-refractivity contribution < 1.29 is 21.5 Å². The van der Waals surface area contributed by atoms with Crippen LogP contribution in [-0.2, 0) is 13.1 Å². The maximum absolute atomic E-state index is 4.39. The molecule has 0 N–H and O–H groups in total. The van der Waals surface area contributed by atoms with Gasteiger partial charge in [-0.1, -0.05) is 0 Å². The zero-order valence-corrected chi connectivity index (χ0v) is 9.50. The molecule has 12 heavy (non-hydrogen) atoms. The summed E-state index contributed by atoms with van der Waals surface area (Å²) < 4.78 is 2.52. The van der Waals surface area contributed by atoms with Crippen LogP contribution < -0.4 is 21.5 Å². The fraction of sp³-hybridized carbons (Fsp3) is 0.444. The Kier molecular flexibility index (Phi) is 2.32. The fourth-order valence-electron chi connectivity index (χ4n) is 1.51. The quantitative estimate of drug-likeness (QED) is 0.346. The van der Waals surface area contributed by atoms with E-state index >= 15 is 0 Å². The van der Waals surface area contributed by atoms with Gasteiger partial charge in [-0.05, 0) is 0 Å². The van der Waals surface area contributed by atoms with Crippen LogP contribution >= 0.6 is 0 Å². The molecule has 0 saturated heterocycles. The van der Waals surface area contributed by atoms with Gasteiger partial charge < -0.3 is 0 Å². The van der Waals surface area contributed by atoms with Crippen molar-refractivity contribution in [3.63, 3.8) is 0 Å². The number of aryl methyl sites for hydroxylation is 1. The van der Waals surface area contributed by atoms with Crippen LogP contribution in [0.4, 0.5) is 0 Å². The minimum atomic E-state index is 0.236. The molecule has 0 unspecified atom stereocenters. The molecule has 2 rings (SSSR count). The molecule has 1 aliphatic rings. The molecule has 0 bridgehead atoms. The average Bonchev–Trinajstić information content (AvgIpc) is 2.49. The monoisotopic (exact) mass is 275 g/mol. The number of rotatable bonds is 1. The van der Waals surface area contributed by atoms with Crippen LogP contribution in [0.25, 0.3) is 0 Å². The summed E-state index contributed by atoms with van der Waals surface area (Å²) in [5.74, 6) is 0. The van der Waals surface area contributed by atoms with Crippen LogP contribution in [0.5, 0.6) is 0 Å². The van der Waals surface area contributed by atoms with Crippen molar-refractivity contribution in [3.05, 3.63) is 29.1 Å². The van der Waals surface area contributed by atoms with E-state index in [0.29, 0.717) is 0 Å². The van der Waals surface area contributed by atoms with Gasteiger partial charge in [0.15, 0.2) is 0 Å². The standard InChI is InChI=1S/C9H12IN2/c1-7-3-4-11-9-6-12(10-2)5-8(7)9/h3-4H,5-6H2,1-2H3/q-1. The molecule has 0 saturated carbocycles. The summed E-state index contributed by atoms with van der Waals surface area (Å²) in [6, 6.07) is 2.11. The van der Waals surface area contributed by atoms with E-state index in [9.17, 15) is 0 Å². The summed E-state index contributed by atoms with van der Waals surface area (Å²) in [5, 5.41) is 0. The number of aromatic nitrogens is 1. The second-order valence-corrected chi connectivity index (χ2v) is 5.33. The van der Waals surface area contributed by atoms with Crippen LogP contribution in [0.2, 0.25) is 0 Å². The molecular weight excluding hydrogens is 263 g/mol. The Labute approximate surface area is 83.6 Å². The topological polar surface area (TPSA) is 16.1 Å². The molecule has 0 radical (unpaired) electrons. The molecule has 2 heterocycles. The van der Waals surface area contributed by atoms with Crippen molar-refractivity contribution in [2.45, 2.75) is 20.0 Å². The van der Waals surface area contributed by atoms with Gasteiger partial charge in [0.25, 0.3) is 0 Å².